The minimum Gasteiger partial charge on any atom is -0.321 e. The van der Waals surface area contributed by atoms with Crippen LogP contribution in [-0.4, -0.2) is 26.8 Å². The standard InChI is InChI=1S/C7H14N4S/c1-6(8)7-9-5-11(10-7)3-4-12-2/h5-6H,3-4,8H2,1-2H3. The molecule has 2 N–H and O–H groups in total. The molecule has 1 aromatic rings. The molecule has 0 aromatic carbocycles. The molecule has 1 aromatic heterocycles. The third-order valence-corrected chi connectivity index (χ3v) is 2.08. The van der Waals surface area contributed by atoms with Gasteiger partial charge in [-0.3, -0.25) is 4.68 Å². The third-order valence-electron chi connectivity index (χ3n) is 1.49. The zero-order chi connectivity index (χ0) is 8.97. The molecule has 12 heavy (non-hydrogen) atoms. The van der Waals surface area contributed by atoms with Crippen molar-refractivity contribution in [1.82, 2.24) is 14.8 Å². The molecule has 0 amide bonds. The lowest BCUT2D eigenvalue weighted by atomic mass is 10.4. The van der Waals surface area contributed by atoms with Crippen LogP contribution in [0.25, 0.3) is 0 Å². The lowest BCUT2D eigenvalue weighted by Gasteiger charge is -1.98. The van der Waals surface area contributed by atoms with Gasteiger partial charge in [0.2, 0.25) is 0 Å². The molecule has 0 radical (unpaired) electrons. The van der Waals surface area contributed by atoms with E-state index < -0.39 is 0 Å². The largest absolute Gasteiger partial charge is 0.321 e. The van der Waals surface area contributed by atoms with Gasteiger partial charge in [-0.2, -0.15) is 16.9 Å². The van der Waals surface area contributed by atoms with Crippen LogP contribution in [0.3, 0.4) is 0 Å². The highest BCUT2D eigenvalue weighted by molar-refractivity contribution is 7.98. The Bertz CT molecular complexity index is 233. The Morgan fingerprint density at radius 1 is 1.75 bits per heavy atom. The predicted molar refractivity (Wildman–Crippen MR) is 51.0 cm³/mol. The van der Waals surface area contributed by atoms with Crippen LogP contribution in [0.15, 0.2) is 6.33 Å². The second-order valence-electron chi connectivity index (χ2n) is 2.65. The van der Waals surface area contributed by atoms with Gasteiger partial charge in [0.25, 0.3) is 0 Å². The van der Waals surface area contributed by atoms with E-state index in [1.807, 2.05) is 11.6 Å². The minimum atomic E-state index is -0.0690. The fourth-order valence-corrected chi connectivity index (χ4v) is 1.18. The van der Waals surface area contributed by atoms with Gasteiger partial charge < -0.3 is 5.73 Å². The molecule has 0 bridgehead atoms. The second-order valence-corrected chi connectivity index (χ2v) is 3.63. The SMILES string of the molecule is CSCCn1cnc(C(C)N)n1. The zero-order valence-electron chi connectivity index (χ0n) is 7.40. The smallest absolute Gasteiger partial charge is 0.166 e. The summed E-state index contributed by atoms with van der Waals surface area (Å²) < 4.78 is 1.83. The molecule has 0 aliphatic rings. The first-order chi connectivity index (χ1) is 5.74. The highest BCUT2D eigenvalue weighted by Crippen LogP contribution is 2.01. The summed E-state index contributed by atoms with van der Waals surface area (Å²) in [5.41, 5.74) is 5.61. The lowest BCUT2D eigenvalue weighted by molar-refractivity contribution is 0.635. The average Bonchev–Trinajstić information content (AvgIpc) is 2.48. The summed E-state index contributed by atoms with van der Waals surface area (Å²) in [5.74, 6) is 1.78. The van der Waals surface area contributed by atoms with Crippen LogP contribution >= 0.6 is 11.8 Å². The maximum Gasteiger partial charge on any atom is 0.166 e. The van der Waals surface area contributed by atoms with E-state index in [0.717, 1.165) is 18.1 Å². The van der Waals surface area contributed by atoms with Crippen molar-refractivity contribution in [3.63, 3.8) is 0 Å². The van der Waals surface area contributed by atoms with Crippen molar-refractivity contribution in [2.45, 2.75) is 19.5 Å². The third kappa shape index (κ3) is 2.49. The zero-order valence-corrected chi connectivity index (χ0v) is 8.21. The number of aromatic nitrogens is 3. The summed E-state index contributed by atoms with van der Waals surface area (Å²) >= 11 is 1.79. The molecule has 4 nitrogen and oxygen atoms in total. The van der Waals surface area contributed by atoms with Crippen molar-refractivity contribution < 1.29 is 0 Å². The number of thioether (sulfide) groups is 1. The molecule has 1 atom stereocenters. The molecule has 1 rings (SSSR count). The van der Waals surface area contributed by atoms with E-state index in [9.17, 15) is 0 Å². The van der Waals surface area contributed by atoms with E-state index in [-0.39, 0.29) is 6.04 Å². The van der Waals surface area contributed by atoms with Gasteiger partial charge in [0, 0.05) is 5.75 Å². The maximum atomic E-state index is 5.61. The first-order valence-electron chi connectivity index (χ1n) is 3.88. The van der Waals surface area contributed by atoms with E-state index in [1.165, 1.54) is 0 Å². The molecule has 0 saturated heterocycles. The average molecular weight is 186 g/mol. The van der Waals surface area contributed by atoms with Crippen LogP contribution in [0.2, 0.25) is 0 Å². The van der Waals surface area contributed by atoms with Gasteiger partial charge in [-0.15, -0.1) is 0 Å². The molecule has 68 valence electrons. The number of hydrogen-bond donors (Lipinski definition) is 1. The maximum absolute atomic E-state index is 5.61. The van der Waals surface area contributed by atoms with E-state index in [4.69, 9.17) is 5.73 Å². The summed E-state index contributed by atoms with van der Waals surface area (Å²) in [6.45, 7) is 2.79. The Morgan fingerprint density at radius 3 is 3.00 bits per heavy atom. The van der Waals surface area contributed by atoms with Gasteiger partial charge >= 0.3 is 0 Å². The van der Waals surface area contributed by atoms with Crippen LogP contribution in [-0.2, 0) is 6.54 Å². The van der Waals surface area contributed by atoms with Crippen molar-refractivity contribution in [2.24, 2.45) is 5.73 Å². The molecule has 0 aliphatic carbocycles. The molecule has 1 unspecified atom stereocenters. The Labute approximate surface area is 76.5 Å². The Balaban J connectivity index is 2.52. The van der Waals surface area contributed by atoms with Crippen LogP contribution in [0.4, 0.5) is 0 Å². The fourth-order valence-electron chi connectivity index (χ4n) is 0.810. The number of rotatable bonds is 4. The molecular formula is C7H14N4S. The predicted octanol–water partition coefficient (Wildman–Crippen LogP) is 0.661. The first kappa shape index (κ1) is 9.54. The molecule has 0 saturated carbocycles. The van der Waals surface area contributed by atoms with Gasteiger partial charge in [0.15, 0.2) is 5.82 Å². The topological polar surface area (TPSA) is 56.7 Å². The van der Waals surface area contributed by atoms with E-state index in [0.29, 0.717) is 0 Å². The Hall–Kier alpha value is -0.550. The van der Waals surface area contributed by atoms with Gasteiger partial charge in [0.1, 0.15) is 6.33 Å². The normalized spacial score (nSPS) is 13.2. The van der Waals surface area contributed by atoms with Gasteiger partial charge in [-0.25, -0.2) is 4.98 Å². The van der Waals surface area contributed by atoms with Crippen molar-refractivity contribution >= 4 is 11.8 Å². The van der Waals surface area contributed by atoms with Crippen molar-refractivity contribution in [3.8, 4) is 0 Å². The van der Waals surface area contributed by atoms with Gasteiger partial charge in [-0.05, 0) is 13.2 Å². The van der Waals surface area contributed by atoms with Gasteiger partial charge in [0.05, 0.1) is 12.6 Å². The fraction of sp³-hybridized carbons (Fsp3) is 0.714. The number of hydrogen-bond acceptors (Lipinski definition) is 4. The monoisotopic (exact) mass is 186 g/mol. The highest BCUT2D eigenvalue weighted by Gasteiger charge is 2.04. The van der Waals surface area contributed by atoms with Crippen molar-refractivity contribution in [1.29, 1.82) is 0 Å². The Morgan fingerprint density at radius 2 is 2.50 bits per heavy atom. The summed E-state index contributed by atoms with van der Waals surface area (Å²) in [7, 11) is 0. The number of nitrogens with zero attached hydrogens (tertiary/aromatic N) is 3. The van der Waals surface area contributed by atoms with E-state index >= 15 is 0 Å². The Kier molecular flexibility index (Phi) is 3.55. The van der Waals surface area contributed by atoms with Crippen LogP contribution in [0.5, 0.6) is 0 Å². The number of aryl methyl sites for hydroxylation is 1. The molecule has 5 heteroatoms. The lowest BCUT2D eigenvalue weighted by Crippen LogP contribution is -2.08. The summed E-state index contributed by atoms with van der Waals surface area (Å²) in [6, 6.07) is -0.0690. The second kappa shape index (κ2) is 4.47. The van der Waals surface area contributed by atoms with E-state index in [2.05, 4.69) is 16.3 Å². The van der Waals surface area contributed by atoms with Crippen molar-refractivity contribution in [3.05, 3.63) is 12.2 Å². The quantitative estimate of drug-likeness (QED) is 0.750. The van der Waals surface area contributed by atoms with Crippen LogP contribution in [0, 0.1) is 0 Å². The van der Waals surface area contributed by atoms with Crippen LogP contribution < -0.4 is 5.73 Å². The van der Waals surface area contributed by atoms with E-state index in [1.54, 1.807) is 18.1 Å². The van der Waals surface area contributed by atoms with Crippen molar-refractivity contribution in [2.75, 3.05) is 12.0 Å². The minimum absolute atomic E-state index is 0.0690. The van der Waals surface area contributed by atoms with Crippen LogP contribution in [0.1, 0.15) is 18.8 Å². The number of nitrogens with two attached hydrogens (primary N) is 1. The molecule has 1 heterocycles. The molecular weight excluding hydrogens is 172 g/mol. The summed E-state index contributed by atoms with van der Waals surface area (Å²) in [6.07, 6.45) is 3.80. The van der Waals surface area contributed by atoms with Gasteiger partial charge in [-0.1, -0.05) is 0 Å². The molecule has 0 fully saturated rings. The summed E-state index contributed by atoms with van der Waals surface area (Å²) in [4.78, 5) is 4.09. The summed E-state index contributed by atoms with van der Waals surface area (Å²) in [5, 5.41) is 4.21. The first-order valence-corrected chi connectivity index (χ1v) is 5.27. The highest BCUT2D eigenvalue weighted by atomic mass is 32.2. The molecule has 0 spiro atoms. The molecule has 0 aliphatic heterocycles.